The van der Waals surface area contributed by atoms with E-state index in [0.717, 1.165) is 5.56 Å². The van der Waals surface area contributed by atoms with Crippen molar-refractivity contribution in [1.29, 1.82) is 0 Å². The summed E-state index contributed by atoms with van der Waals surface area (Å²) in [6.07, 6.45) is 0. The maximum absolute atomic E-state index is 13.8. The van der Waals surface area contributed by atoms with Crippen LogP contribution in [0.2, 0.25) is 0 Å². The van der Waals surface area contributed by atoms with Gasteiger partial charge in [-0.2, -0.15) is 0 Å². The van der Waals surface area contributed by atoms with Crippen molar-refractivity contribution in [3.05, 3.63) is 53.8 Å². The molecule has 4 heteroatoms. The highest BCUT2D eigenvalue weighted by atomic mass is 19.1. The van der Waals surface area contributed by atoms with Gasteiger partial charge >= 0.3 is 0 Å². The van der Waals surface area contributed by atoms with Gasteiger partial charge in [0.2, 0.25) is 0 Å². The van der Waals surface area contributed by atoms with Crippen molar-refractivity contribution in [2.75, 3.05) is 18.2 Å². The summed E-state index contributed by atoms with van der Waals surface area (Å²) in [6.45, 7) is 1.97. The second-order valence-electron chi connectivity index (χ2n) is 4.35. The molecule has 3 nitrogen and oxygen atoms in total. The summed E-state index contributed by atoms with van der Waals surface area (Å²) in [5, 5.41) is 3.12. The van der Waals surface area contributed by atoms with Crippen molar-refractivity contribution in [2.45, 2.75) is 13.0 Å². The van der Waals surface area contributed by atoms with Crippen molar-refractivity contribution >= 4 is 11.4 Å². The number of anilines is 2. The highest BCUT2D eigenvalue weighted by Gasteiger charge is 2.11. The zero-order chi connectivity index (χ0) is 13.8. The first-order chi connectivity index (χ1) is 9.11. The zero-order valence-corrected chi connectivity index (χ0v) is 11.0. The van der Waals surface area contributed by atoms with Gasteiger partial charge in [-0.1, -0.05) is 30.3 Å². The first kappa shape index (κ1) is 13.2. The van der Waals surface area contributed by atoms with Crippen LogP contribution in [0.15, 0.2) is 42.5 Å². The first-order valence-electron chi connectivity index (χ1n) is 6.06. The molecule has 2 aromatic rings. The van der Waals surface area contributed by atoms with Crippen LogP contribution in [0, 0.1) is 5.82 Å². The van der Waals surface area contributed by atoms with E-state index in [4.69, 9.17) is 10.5 Å². The van der Waals surface area contributed by atoms with Crippen LogP contribution in [0.25, 0.3) is 0 Å². The molecular weight excluding hydrogens is 243 g/mol. The minimum absolute atomic E-state index is 0.0102. The zero-order valence-electron chi connectivity index (χ0n) is 11.0. The second kappa shape index (κ2) is 5.61. The molecule has 2 aromatic carbocycles. The van der Waals surface area contributed by atoms with Gasteiger partial charge in [0.25, 0.3) is 0 Å². The van der Waals surface area contributed by atoms with Crippen molar-refractivity contribution in [3.8, 4) is 5.75 Å². The van der Waals surface area contributed by atoms with Gasteiger partial charge in [0.15, 0.2) is 0 Å². The highest BCUT2D eigenvalue weighted by molar-refractivity contribution is 5.62. The summed E-state index contributed by atoms with van der Waals surface area (Å²) in [5.41, 5.74) is 7.40. The van der Waals surface area contributed by atoms with Crippen molar-refractivity contribution < 1.29 is 9.13 Å². The van der Waals surface area contributed by atoms with Crippen LogP contribution in [0.1, 0.15) is 18.5 Å². The third kappa shape index (κ3) is 2.96. The number of rotatable bonds is 4. The third-order valence-electron chi connectivity index (χ3n) is 2.99. The van der Waals surface area contributed by atoms with Gasteiger partial charge in [-0.25, -0.2) is 4.39 Å². The Kier molecular flexibility index (Phi) is 3.90. The summed E-state index contributed by atoms with van der Waals surface area (Å²) in [4.78, 5) is 0. The molecule has 19 heavy (non-hydrogen) atoms. The number of ether oxygens (including phenoxy) is 1. The van der Waals surface area contributed by atoms with E-state index >= 15 is 0 Å². The van der Waals surface area contributed by atoms with Gasteiger partial charge in [0.1, 0.15) is 11.6 Å². The molecular formula is C15H17FN2O. The Bertz CT molecular complexity index is 558. The normalized spacial score (nSPS) is 11.9. The maximum atomic E-state index is 13.8. The lowest BCUT2D eigenvalue weighted by Gasteiger charge is -2.17. The SMILES string of the molecule is COc1cc(NC(C)c2ccccc2)c(F)cc1N. The number of nitrogens with two attached hydrogens (primary N) is 1. The first-order valence-corrected chi connectivity index (χ1v) is 6.06. The maximum Gasteiger partial charge on any atom is 0.148 e. The molecule has 1 atom stereocenters. The average molecular weight is 260 g/mol. The molecule has 0 saturated carbocycles. The Morgan fingerprint density at radius 1 is 1.21 bits per heavy atom. The van der Waals surface area contributed by atoms with E-state index in [2.05, 4.69) is 5.32 Å². The number of hydrogen-bond acceptors (Lipinski definition) is 3. The largest absolute Gasteiger partial charge is 0.495 e. The summed E-state index contributed by atoms with van der Waals surface area (Å²) >= 11 is 0. The van der Waals surface area contributed by atoms with E-state index in [-0.39, 0.29) is 17.5 Å². The second-order valence-corrected chi connectivity index (χ2v) is 4.35. The van der Waals surface area contributed by atoms with Crippen molar-refractivity contribution in [2.24, 2.45) is 0 Å². The van der Waals surface area contributed by atoms with Crippen LogP contribution < -0.4 is 15.8 Å². The Morgan fingerprint density at radius 3 is 2.53 bits per heavy atom. The number of nitrogen functional groups attached to an aromatic ring is 1. The van der Waals surface area contributed by atoms with E-state index in [1.165, 1.54) is 13.2 Å². The molecule has 2 rings (SSSR count). The standard InChI is InChI=1S/C15H17FN2O/c1-10(11-6-4-3-5-7-11)18-14-9-15(19-2)13(17)8-12(14)16/h3-10,18H,17H2,1-2H3. The molecule has 0 bridgehead atoms. The monoisotopic (exact) mass is 260 g/mol. The molecule has 0 radical (unpaired) electrons. The van der Waals surface area contributed by atoms with Crippen LogP contribution in [-0.2, 0) is 0 Å². The molecule has 1 unspecified atom stereocenters. The fourth-order valence-electron chi connectivity index (χ4n) is 1.91. The topological polar surface area (TPSA) is 47.3 Å². The van der Waals surface area contributed by atoms with E-state index in [1.54, 1.807) is 6.07 Å². The lowest BCUT2D eigenvalue weighted by molar-refractivity contribution is 0.416. The number of nitrogens with one attached hydrogen (secondary N) is 1. The van der Waals surface area contributed by atoms with Crippen LogP contribution in [0.5, 0.6) is 5.75 Å². The lowest BCUT2D eigenvalue weighted by Crippen LogP contribution is -2.08. The predicted octanol–water partition coefficient (Wildman–Crippen LogP) is 3.59. The highest BCUT2D eigenvalue weighted by Crippen LogP contribution is 2.30. The molecule has 3 N–H and O–H groups in total. The van der Waals surface area contributed by atoms with Crippen molar-refractivity contribution in [1.82, 2.24) is 0 Å². The smallest absolute Gasteiger partial charge is 0.148 e. The van der Waals surface area contributed by atoms with Gasteiger partial charge in [-0.05, 0) is 12.5 Å². The molecule has 0 amide bonds. The van der Waals surface area contributed by atoms with Crippen LogP contribution in [0.4, 0.5) is 15.8 Å². The Labute approximate surface area is 112 Å². The third-order valence-corrected chi connectivity index (χ3v) is 2.99. The average Bonchev–Trinajstić information content (AvgIpc) is 2.42. The fourth-order valence-corrected chi connectivity index (χ4v) is 1.91. The molecule has 0 aliphatic heterocycles. The van der Waals surface area contributed by atoms with Gasteiger partial charge in [0.05, 0.1) is 18.5 Å². The van der Waals surface area contributed by atoms with E-state index in [0.29, 0.717) is 11.4 Å². The molecule has 0 aliphatic carbocycles. The number of halogens is 1. The molecule has 0 aromatic heterocycles. The quantitative estimate of drug-likeness (QED) is 0.826. The number of hydrogen-bond donors (Lipinski definition) is 2. The lowest BCUT2D eigenvalue weighted by atomic mass is 10.1. The minimum Gasteiger partial charge on any atom is -0.495 e. The van der Waals surface area contributed by atoms with Gasteiger partial charge in [0, 0.05) is 18.2 Å². The van der Waals surface area contributed by atoms with E-state index < -0.39 is 0 Å². The molecule has 0 spiro atoms. The van der Waals surface area contributed by atoms with E-state index in [1.807, 2.05) is 37.3 Å². The molecule has 0 aliphatic rings. The van der Waals surface area contributed by atoms with Crippen LogP contribution in [0.3, 0.4) is 0 Å². The van der Waals surface area contributed by atoms with Gasteiger partial charge in [-0.3, -0.25) is 0 Å². The number of methoxy groups -OCH3 is 1. The van der Waals surface area contributed by atoms with Gasteiger partial charge < -0.3 is 15.8 Å². The minimum atomic E-state index is -0.388. The summed E-state index contributed by atoms with van der Waals surface area (Å²) in [5.74, 6) is 0.0743. The molecule has 0 fully saturated rings. The fraction of sp³-hybridized carbons (Fsp3) is 0.200. The van der Waals surface area contributed by atoms with E-state index in [9.17, 15) is 4.39 Å². The predicted molar refractivity (Wildman–Crippen MR) is 75.8 cm³/mol. The molecule has 100 valence electrons. The summed E-state index contributed by atoms with van der Waals surface area (Å²) in [6, 6.07) is 12.7. The van der Waals surface area contributed by atoms with Crippen LogP contribution in [-0.4, -0.2) is 7.11 Å². The summed E-state index contributed by atoms with van der Waals surface area (Å²) < 4.78 is 18.9. The Hall–Kier alpha value is -2.23. The van der Waals surface area contributed by atoms with Crippen LogP contribution >= 0.6 is 0 Å². The molecule has 0 saturated heterocycles. The van der Waals surface area contributed by atoms with Gasteiger partial charge in [-0.15, -0.1) is 0 Å². The van der Waals surface area contributed by atoms with Crippen molar-refractivity contribution in [3.63, 3.8) is 0 Å². The Balaban J connectivity index is 2.24. The Morgan fingerprint density at radius 2 is 1.89 bits per heavy atom. The number of benzene rings is 2. The summed E-state index contributed by atoms with van der Waals surface area (Å²) in [7, 11) is 1.51. The molecule has 0 heterocycles.